The van der Waals surface area contributed by atoms with E-state index in [2.05, 4.69) is 26.6 Å². The summed E-state index contributed by atoms with van der Waals surface area (Å²) >= 11 is 0. The fourth-order valence-electron chi connectivity index (χ4n) is 4.23. The molecule has 0 atom stereocenters. The molecule has 7 heteroatoms. The molecule has 0 unspecified atom stereocenters. The number of amides is 1. The monoisotopic (exact) mass is 402 g/mol. The van der Waals surface area contributed by atoms with Gasteiger partial charge in [-0.3, -0.25) is 9.79 Å². The number of rotatable bonds is 6. The van der Waals surface area contributed by atoms with Gasteiger partial charge in [-0.05, 0) is 42.5 Å². The van der Waals surface area contributed by atoms with Gasteiger partial charge in [0.15, 0.2) is 17.5 Å². The second kappa shape index (κ2) is 10.4. The molecule has 2 N–H and O–H groups in total. The maximum absolute atomic E-state index is 12.2. The van der Waals surface area contributed by atoms with Crippen LogP contribution in [0.4, 0.5) is 0 Å². The van der Waals surface area contributed by atoms with Gasteiger partial charge in [0, 0.05) is 39.1 Å². The molecule has 1 aliphatic carbocycles. The highest BCUT2D eigenvalue weighted by atomic mass is 16.5. The van der Waals surface area contributed by atoms with Crippen molar-refractivity contribution in [2.24, 2.45) is 4.99 Å². The van der Waals surface area contributed by atoms with Gasteiger partial charge in [0.2, 0.25) is 5.91 Å². The normalized spacial score (nSPS) is 17.5. The Morgan fingerprint density at radius 3 is 2.48 bits per heavy atom. The van der Waals surface area contributed by atoms with Crippen LogP contribution >= 0.6 is 0 Å². The molecule has 0 radical (unpaired) electrons. The highest BCUT2D eigenvalue weighted by molar-refractivity contribution is 5.81. The first-order chi connectivity index (χ1) is 14.1. The molecule has 160 valence electrons. The second-order valence-electron chi connectivity index (χ2n) is 7.77. The summed E-state index contributed by atoms with van der Waals surface area (Å²) in [7, 11) is 5.10. The van der Waals surface area contributed by atoms with Crippen molar-refractivity contribution in [3.63, 3.8) is 0 Å². The highest BCUT2D eigenvalue weighted by Crippen LogP contribution is 2.33. The van der Waals surface area contributed by atoms with E-state index < -0.39 is 0 Å². The van der Waals surface area contributed by atoms with Crippen LogP contribution in [-0.2, 0) is 17.8 Å². The van der Waals surface area contributed by atoms with E-state index in [9.17, 15) is 4.79 Å². The molecule has 2 aliphatic rings. The Bertz CT molecular complexity index is 729. The van der Waals surface area contributed by atoms with E-state index in [1.807, 2.05) is 6.07 Å². The average Bonchev–Trinajstić information content (AvgIpc) is 2.76. The lowest BCUT2D eigenvalue weighted by Crippen LogP contribution is -2.45. The third-order valence-electron chi connectivity index (χ3n) is 5.83. The van der Waals surface area contributed by atoms with Crippen molar-refractivity contribution in [3.8, 4) is 11.5 Å². The molecular weight excluding hydrogens is 368 g/mol. The number of carbonyl (C=O) groups is 1. The number of fused-ring (bicyclic) bond motifs is 1. The fraction of sp³-hybridized carbons (Fsp3) is 0.636. The Labute approximate surface area is 173 Å². The lowest BCUT2D eigenvalue weighted by Gasteiger charge is -2.32. The van der Waals surface area contributed by atoms with Gasteiger partial charge < -0.3 is 25.0 Å². The van der Waals surface area contributed by atoms with Crippen LogP contribution in [0.3, 0.4) is 0 Å². The molecule has 1 fully saturated rings. The van der Waals surface area contributed by atoms with Crippen LogP contribution in [0.2, 0.25) is 0 Å². The molecule has 1 heterocycles. The number of aliphatic imine (C=N–C) groups is 1. The molecule has 1 saturated carbocycles. The largest absolute Gasteiger partial charge is 0.493 e. The molecular formula is C22H34N4O3. The molecule has 0 saturated heterocycles. The minimum atomic E-state index is 0.126. The minimum absolute atomic E-state index is 0.126. The summed E-state index contributed by atoms with van der Waals surface area (Å²) in [6.07, 6.45) is 7.35. The van der Waals surface area contributed by atoms with E-state index in [-0.39, 0.29) is 5.91 Å². The fourth-order valence-corrected chi connectivity index (χ4v) is 4.23. The van der Waals surface area contributed by atoms with Crippen LogP contribution in [0.15, 0.2) is 17.1 Å². The second-order valence-corrected chi connectivity index (χ2v) is 7.77. The standard InChI is InChI=1S/C22H34N4O3/c1-23-22(24-11-9-21(27)25-18-7-5-4-6-8-18)26-12-10-16-13-19(28-2)20(29-3)14-17(16)15-26/h13-14,18H,4-12,15H2,1-3H3,(H,23,24)(H,25,27). The number of ether oxygens (including phenoxy) is 2. The smallest absolute Gasteiger partial charge is 0.221 e. The van der Waals surface area contributed by atoms with Crippen molar-refractivity contribution >= 4 is 11.9 Å². The molecule has 1 amide bonds. The number of nitrogens with zero attached hydrogens (tertiary/aromatic N) is 2. The Morgan fingerprint density at radius 2 is 1.83 bits per heavy atom. The first kappa shape index (κ1) is 21.3. The quantitative estimate of drug-likeness (QED) is 0.565. The van der Waals surface area contributed by atoms with Crippen LogP contribution in [0.1, 0.15) is 49.7 Å². The number of hydrogen-bond acceptors (Lipinski definition) is 4. The Morgan fingerprint density at radius 1 is 1.14 bits per heavy atom. The lowest BCUT2D eigenvalue weighted by atomic mass is 9.95. The Balaban J connectivity index is 1.51. The van der Waals surface area contributed by atoms with Crippen molar-refractivity contribution in [1.29, 1.82) is 0 Å². The van der Waals surface area contributed by atoms with Crippen molar-refractivity contribution in [2.75, 3.05) is 34.4 Å². The van der Waals surface area contributed by atoms with E-state index in [4.69, 9.17) is 9.47 Å². The first-order valence-corrected chi connectivity index (χ1v) is 10.6. The third kappa shape index (κ3) is 5.55. The van der Waals surface area contributed by atoms with Crippen LogP contribution in [0.5, 0.6) is 11.5 Å². The van der Waals surface area contributed by atoms with Gasteiger partial charge in [-0.15, -0.1) is 0 Å². The van der Waals surface area contributed by atoms with Crippen molar-refractivity contribution < 1.29 is 14.3 Å². The maximum atomic E-state index is 12.2. The summed E-state index contributed by atoms with van der Waals surface area (Å²) in [6.45, 7) is 2.21. The zero-order chi connectivity index (χ0) is 20.6. The number of hydrogen-bond donors (Lipinski definition) is 2. The molecule has 0 spiro atoms. The molecule has 1 aromatic carbocycles. The predicted octanol–water partition coefficient (Wildman–Crippen LogP) is 2.48. The van der Waals surface area contributed by atoms with Crippen LogP contribution in [-0.4, -0.2) is 57.2 Å². The molecule has 3 rings (SSSR count). The van der Waals surface area contributed by atoms with E-state index >= 15 is 0 Å². The van der Waals surface area contributed by atoms with E-state index in [0.29, 0.717) is 19.0 Å². The van der Waals surface area contributed by atoms with Crippen LogP contribution in [0.25, 0.3) is 0 Å². The minimum Gasteiger partial charge on any atom is -0.493 e. The molecule has 29 heavy (non-hydrogen) atoms. The van der Waals surface area contributed by atoms with Gasteiger partial charge in [-0.25, -0.2) is 0 Å². The average molecular weight is 403 g/mol. The van der Waals surface area contributed by atoms with Gasteiger partial charge in [0.05, 0.1) is 14.2 Å². The number of nitrogens with one attached hydrogen (secondary N) is 2. The van der Waals surface area contributed by atoms with Crippen LogP contribution in [0, 0.1) is 0 Å². The summed E-state index contributed by atoms with van der Waals surface area (Å²) in [5.41, 5.74) is 2.49. The van der Waals surface area contributed by atoms with Crippen LogP contribution < -0.4 is 20.1 Å². The molecule has 0 bridgehead atoms. The number of carbonyl (C=O) groups excluding carboxylic acids is 1. The summed E-state index contributed by atoms with van der Waals surface area (Å²) < 4.78 is 10.9. The topological polar surface area (TPSA) is 75.2 Å². The van der Waals surface area contributed by atoms with Crippen molar-refractivity contribution in [2.45, 2.75) is 57.5 Å². The lowest BCUT2D eigenvalue weighted by molar-refractivity contribution is -0.121. The number of methoxy groups -OCH3 is 2. The van der Waals surface area contributed by atoms with E-state index in [0.717, 1.165) is 49.8 Å². The Hall–Kier alpha value is -2.44. The van der Waals surface area contributed by atoms with Gasteiger partial charge in [-0.2, -0.15) is 0 Å². The van der Waals surface area contributed by atoms with Gasteiger partial charge >= 0.3 is 0 Å². The number of benzene rings is 1. The van der Waals surface area contributed by atoms with Crippen molar-refractivity contribution in [1.82, 2.24) is 15.5 Å². The summed E-state index contributed by atoms with van der Waals surface area (Å²) in [6, 6.07) is 4.48. The summed E-state index contributed by atoms with van der Waals surface area (Å²) in [5.74, 6) is 2.47. The van der Waals surface area contributed by atoms with E-state index in [1.54, 1.807) is 21.3 Å². The molecule has 0 aromatic heterocycles. The van der Waals surface area contributed by atoms with Gasteiger partial charge in [0.1, 0.15) is 0 Å². The molecule has 1 aromatic rings. The van der Waals surface area contributed by atoms with Gasteiger partial charge in [-0.1, -0.05) is 19.3 Å². The Kier molecular flexibility index (Phi) is 7.61. The zero-order valence-electron chi connectivity index (χ0n) is 17.9. The highest BCUT2D eigenvalue weighted by Gasteiger charge is 2.22. The summed E-state index contributed by atoms with van der Waals surface area (Å²) in [5, 5.41) is 6.52. The maximum Gasteiger partial charge on any atom is 0.221 e. The van der Waals surface area contributed by atoms with Gasteiger partial charge in [0.25, 0.3) is 0 Å². The zero-order valence-corrected chi connectivity index (χ0v) is 17.9. The third-order valence-corrected chi connectivity index (χ3v) is 5.83. The SMILES string of the molecule is CN=C(NCCC(=O)NC1CCCCC1)N1CCc2cc(OC)c(OC)cc2C1. The molecule has 1 aliphatic heterocycles. The first-order valence-electron chi connectivity index (χ1n) is 10.6. The number of guanidine groups is 1. The van der Waals surface area contributed by atoms with Crippen molar-refractivity contribution in [3.05, 3.63) is 23.3 Å². The van der Waals surface area contributed by atoms with E-state index in [1.165, 1.54) is 30.4 Å². The summed E-state index contributed by atoms with van der Waals surface area (Å²) in [4.78, 5) is 18.9. The molecule has 7 nitrogen and oxygen atoms in total. The predicted molar refractivity (Wildman–Crippen MR) is 115 cm³/mol.